The number of aryl methyl sites for hydroxylation is 1. The van der Waals surface area contributed by atoms with Crippen molar-refractivity contribution < 1.29 is 14.4 Å². The first-order valence-corrected chi connectivity index (χ1v) is 8.46. The van der Waals surface area contributed by atoms with Gasteiger partial charge in [-0.25, -0.2) is 0 Å². The van der Waals surface area contributed by atoms with Crippen molar-refractivity contribution in [2.75, 3.05) is 5.32 Å². The molecular formula is C20H21N3O3. The van der Waals surface area contributed by atoms with Gasteiger partial charge in [-0.15, -0.1) is 0 Å². The van der Waals surface area contributed by atoms with Gasteiger partial charge in [-0.3, -0.25) is 14.4 Å². The van der Waals surface area contributed by atoms with E-state index < -0.39 is 23.8 Å². The van der Waals surface area contributed by atoms with Crippen molar-refractivity contribution in [3.8, 4) is 0 Å². The van der Waals surface area contributed by atoms with Crippen molar-refractivity contribution in [3.63, 3.8) is 0 Å². The summed E-state index contributed by atoms with van der Waals surface area (Å²) in [5.74, 6) is -1.39. The number of benzene rings is 2. The Morgan fingerprint density at radius 3 is 2.38 bits per heavy atom. The minimum Gasteiger partial charge on any atom is -0.368 e. The number of anilines is 1. The number of hydrogen-bond acceptors (Lipinski definition) is 3. The van der Waals surface area contributed by atoms with Gasteiger partial charge in [0.1, 0.15) is 12.5 Å². The van der Waals surface area contributed by atoms with Crippen LogP contribution in [0, 0.1) is 6.92 Å². The van der Waals surface area contributed by atoms with Crippen molar-refractivity contribution in [3.05, 3.63) is 65.2 Å². The molecule has 0 spiro atoms. The zero-order valence-corrected chi connectivity index (χ0v) is 14.6. The van der Waals surface area contributed by atoms with E-state index in [1.54, 1.807) is 12.1 Å². The van der Waals surface area contributed by atoms with Gasteiger partial charge in [-0.2, -0.15) is 0 Å². The third-order valence-electron chi connectivity index (χ3n) is 4.54. The second kappa shape index (κ2) is 7.39. The first-order chi connectivity index (χ1) is 12.4. The number of nitrogens with zero attached hydrogens (tertiary/aromatic N) is 1. The molecule has 134 valence electrons. The highest BCUT2D eigenvalue weighted by atomic mass is 16.2. The second-order valence-corrected chi connectivity index (χ2v) is 6.50. The lowest BCUT2D eigenvalue weighted by molar-refractivity contribution is -0.142. The van der Waals surface area contributed by atoms with Crippen LogP contribution in [0.4, 0.5) is 5.69 Å². The summed E-state index contributed by atoms with van der Waals surface area (Å²) in [4.78, 5) is 38.1. The average Bonchev–Trinajstić information content (AvgIpc) is 2.62. The van der Waals surface area contributed by atoms with Crippen LogP contribution in [-0.4, -0.2) is 28.7 Å². The van der Waals surface area contributed by atoms with Gasteiger partial charge in [-0.05, 0) is 30.2 Å². The van der Waals surface area contributed by atoms with Crippen LogP contribution in [-0.2, 0) is 27.3 Å². The van der Waals surface area contributed by atoms with E-state index >= 15 is 0 Å². The molecule has 3 rings (SSSR count). The Kier molecular flexibility index (Phi) is 5.02. The Labute approximate surface area is 152 Å². The van der Waals surface area contributed by atoms with Crippen LogP contribution in [0.1, 0.15) is 23.1 Å². The van der Waals surface area contributed by atoms with Crippen molar-refractivity contribution >= 4 is 23.4 Å². The van der Waals surface area contributed by atoms with Gasteiger partial charge < -0.3 is 16.0 Å². The minimum atomic E-state index is -0.732. The number of nitrogens with one attached hydrogen (secondary N) is 1. The van der Waals surface area contributed by atoms with E-state index in [-0.39, 0.29) is 13.0 Å². The average molecular weight is 351 g/mol. The molecule has 0 saturated carbocycles. The molecule has 1 aliphatic rings. The lowest BCUT2D eigenvalue weighted by atomic mass is 9.93. The SMILES string of the molecule is Cc1ccc(NC(=O)CC(=O)N2Cc3ccccc3C[C@@H]2C(N)=O)cc1. The molecule has 0 bridgehead atoms. The largest absolute Gasteiger partial charge is 0.368 e. The van der Waals surface area contributed by atoms with Gasteiger partial charge in [0.2, 0.25) is 17.7 Å². The molecule has 6 nitrogen and oxygen atoms in total. The number of primary amides is 1. The van der Waals surface area contributed by atoms with Gasteiger partial charge in [0.25, 0.3) is 0 Å². The summed E-state index contributed by atoms with van der Waals surface area (Å²) in [7, 11) is 0. The van der Waals surface area contributed by atoms with Crippen molar-refractivity contribution in [2.45, 2.75) is 32.4 Å². The maximum Gasteiger partial charge on any atom is 0.240 e. The lowest BCUT2D eigenvalue weighted by Gasteiger charge is -2.35. The predicted molar refractivity (Wildman–Crippen MR) is 98.1 cm³/mol. The third kappa shape index (κ3) is 3.91. The highest BCUT2D eigenvalue weighted by Gasteiger charge is 2.33. The number of rotatable bonds is 4. The van der Waals surface area contributed by atoms with Crippen LogP contribution >= 0.6 is 0 Å². The fourth-order valence-electron chi connectivity index (χ4n) is 3.12. The summed E-state index contributed by atoms with van der Waals surface area (Å²) < 4.78 is 0. The van der Waals surface area contributed by atoms with Gasteiger partial charge in [0.15, 0.2) is 0 Å². The molecule has 26 heavy (non-hydrogen) atoms. The first-order valence-electron chi connectivity index (χ1n) is 8.46. The molecule has 2 aromatic carbocycles. The van der Waals surface area contributed by atoms with Gasteiger partial charge >= 0.3 is 0 Å². The van der Waals surface area contributed by atoms with Gasteiger partial charge in [-0.1, -0.05) is 42.0 Å². The maximum absolute atomic E-state index is 12.6. The fraction of sp³-hybridized carbons (Fsp3) is 0.250. The van der Waals surface area contributed by atoms with Crippen LogP contribution in [0.25, 0.3) is 0 Å². The molecule has 1 heterocycles. The van der Waals surface area contributed by atoms with E-state index in [0.29, 0.717) is 12.1 Å². The Morgan fingerprint density at radius 1 is 1.08 bits per heavy atom. The molecule has 3 amide bonds. The summed E-state index contributed by atoms with van der Waals surface area (Å²) in [5.41, 5.74) is 9.17. The molecule has 0 fully saturated rings. The number of amides is 3. The van der Waals surface area contributed by atoms with E-state index in [1.807, 2.05) is 43.3 Å². The van der Waals surface area contributed by atoms with E-state index in [4.69, 9.17) is 5.73 Å². The highest BCUT2D eigenvalue weighted by Crippen LogP contribution is 2.24. The molecular weight excluding hydrogens is 330 g/mol. The molecule has 0 aliphatic carbocycles. The fourth-order valence-corrected chi connectivity index (χ4v) is 3.12. The smallest absolute Gasteiger partial charge is 0.240 e. The molecule has 0 saturated heterocycles. The van der Waals surface area contributed by atoms with Crippen molar-refractivity contribution in [2.24, 2.45) is 5.73 Å². The Bertz CT molecular complexity index is 846. The summed E-state index contributed by atoms with van der Waals surface area (Å²) in [5, 5.41) is 2.70. The molecule has 0 aromatic heterocycles. The van der Waals surface area contributed by atoms with Crippen molar-refractivity contribution in [1.82, 2.24) is 4.90 Å². The second-order valence-electron chi connectivity index (χ2n) is 6.50. The summed E-state index contributed by atoms with van der Waals surface area (Å²) in [6, 6.07) is 14.2. The molecule has 3 N–H and O–H groups in total. The van der Waals surface area contributed by atoms with E-state index in [1.165, 1.54) is 4.90 Å². The van der Waals surface area contributed by atoms with Gasteiger partial charge in [0.05, 0.1) is 0 Å². The quantitative estimate of drug-likeness (QED) is 0.822. The highest BCUT2D eigenvalue weighted by molar-refractivity contribution is 6.04. The maximum atomic E-state index is 12.6. The van der Waals surface area contributed by atoms with E-state index in [0.717, 1.165) is 16.7 Å². The number of fused-ring (bicyclic) bond motifs is 1. The molecule has 1 aliphatic heterocycles. The molecule has 0 radical (unpaired) electrons. The zero-order valence-electron chi connectivity index (χ0n) is 14.6. The molecule has 2 aromatic rings. The van der Waals surface area contributed by atoms with Crippen molar-refractivity contribution in [1.29, 1.82) is 0 Å². The zero-order chi connectivity index (χ0) is 18.7. The summed E-state index contributed by atoms with van der Waals surface area (Å²) in [6.07, 6.45) is 0.0383. The Morgan fingerprint density at radius 2 is 1.73 bits per heavy atom. The van der Waals surface area contributed by atoms with E-state index in [2.05, 4.69) is 5.32 Å². The molecule has 0 unspecified atom stereocenters. The lowest BCUT2D eigenvalue weighted by Crippen LogP contribution is -2.51. The van der Waals surface area contributed by atoms with Crippen LogP contribution in [0.3, 0.4) is 0 Å². The van der Waals surface area contributed by atoms with Crippen LogP contribution < -0.4 is 11.1 Å². The predicted octanol–water partition coefficient (Wildman–Crippen LogP) is 1.76. The molecule has 6 heteroatoms. The van der Waals surface area contributed by atoms with Gasteiger partial charge in [0, 0.05) is 18.7 Å². The molecule has 1 atom stereocenters. The minimum absolute atomic E-state index is 0.278. The number of carbonyl (C=O) groups is 3. The standard InChI is InChI=1S/C20H21N3O3/c1-13-6-8-16(9-7-13)22-18(24)11-19(25)23-12-15-5-3-2-4-14(15)10-17(23)20(21)26/h2-9,17H,10-12H2,1H3,(H2,21,26)(H,22,24)/t17-/m1/s1. The first kappa shape index (κ1) is 17.7. The number of nitrogens with two attached hydrogens (primary N) is 1. The monoisotopic (exact) mass is 351 g/mol. The third-order valence-corrected chi connectivity index (χ3v) is 4.54. The van der Waals surface area contributed by atoms with E-state index in [9.17, 15) is 14.4 Å². The van der Waals surface area contributed by atoms with Crippen LogP contribution in [0.15, 0.2) is 48.5 Å². The van der Waals surface area contributed by atoms with Crippen LogP contribution in [0.2, 0.25) is 0 Å². The normalized spacial score (nSPS) is 15.9. The topological polar surface area (TPSA) is 92.5 Å². The van der Waals surface area contributed by atoms with Crippen LogP contribution in [0.5, 0.6) is 0 Å². The number of hydrogen-bond donors (Lipinski definition) is 2. The summed E-state index contributed by atoms with van der Waals surface area (Å²) in [6.45, 7) is 2.23. The number of carbonyl (C=O) groups excluding carboxylic acids is 3. The summed E-state index contributed by atoms with van der Waals surface area (Å²) >= 11 is 0. The Hall–Kier alpha value is -3.15. The Balaban J connectivity index is 1.70.